The minimum absolute atomic E-state index is 0.239. The van der Waals surface area contributed by atoms with E-state index in [0.717, 1.165) is 39.0 Å². The summed E-state index contributed by atoms with van der Waals surface area (Å²) in [6.45, 7) is 0.239. The van der Waals surface area contributed by atoms with E-state index in [1.165, 1.54) is 16.7 Å². The topological polar surface area (TPSA) is 72.4 Å². The molecule has 1 aliphatic carbocycles. The van der Waals surface area contributed by atoms with Crippen LogP contribution in [0.2, 0.25) is 5.15 Å². The summed E-state index contributed by atoms with van der Waals surface area (Å²) < 4.78 is 6.00. The van der Waals surface area contributed by atoms with Gasteiger partial charge in [0.15, 0.2) is 12.4 Å². The standard InChI is InChI=1S/C27H20ClN3O3S/c1-31(15-18-13-24(28)30-14-23(18)35-26-17(16-32)7-6-12-29-26)27(33)34-25-21-10-4-2-8-19(21)20-9-3-5-11-22(20)25/h2-14,16,25H,15H2,1H3. The van der Waals surface area contributed by atoms with Gasteiger partial charge in [0.05, 0.1) is 0 Å². The number of hydrogen-bond acceptors (Lipinski definition) is 6. The highest BCUT2D eigenvalue weighted by Gasteiger charge is 2.32. The van der Waals surface area contributed by atoms with E-state index < -0.39 is 12.2 Å². The Hall–Kier alpha value is -3.68. The van der Waals surface area contributed by atoms with E-state index in [9.17, 15) is 9.59 Å². The molecule has 0 bridgehead atoms. The van der Waals surface area contributed by atoms with E-state index in [1.807, 2.05) is 48.5 Å². The molecule has 6 nitrogen and oxygen atoms in total. The summed E-state index contributed by atoms with van der Waals surface area (Å²) in [6.07, 6.45) is 3.07. The van der Waals surface area contributed by atoms with Crippen molar-refractivity contribution in [2.24, 2.45) is 0 Å². The normalized spacial score (nSPS) is 12.1. The van der Waals surface area contributed by atoms with Crippen LogP contribution in [0.4, 0.5) is 4.79 Å². The van der Waals surface area contributed by atoms with Crippen LogP contribution in [0, 0.1) is 0 Å². The summed E-state index contributed by atoms with van der Waals surface area (Å²) in [6, 6.07) is 21.0. The fourth-order valence-electron chi connectivity index (χ4n) is 4.10. The zero-order valence-electron chi connectivity index (χ0n) is 18.7. The van der Waals surface area contributed by atoms with E-state index in [1.54, 1.807) is 37.6 Å². The van der Waals surface area contributed by atoms with Crippen LogP contribution in [0.15, 0.2) is 89.0 Å². The van der Waals surface area contributed by atoms with Gasteiger partial charge in [-0.15, -0.1) is 0 Å². The fourth-order valence-corrected chi connectivity index (χ4v) is 5.20. The summed E-state index contributed by atoms with van der Waals surface area (Å²) in [7, 11) is 1.68. The van der Waals surface area contributed by atoms with Gasteiger partial charge in [0.1, 0.15) is 10.2 Å². The molecular formula is C27H20ClN3O3S. The fraction of sp³-hybridized carbons (Fsp3) is 0.111. The van der Waals surface area contributed by atoms with Gasteiger partial charge in [0.2, 0.25) is 0 Å². The van der Waals surface area contributed by atoms with Crippen molar-refractivity contribution in [3.05, 3.63) is 107 Å². The first kappa shape index (κ1) is 23.1. The number of aldehydes is 1. The average Bonchev–Trinajstić information content (AvgIpc) is 3.19. The Morgan fingerprint density at radius 1 is 1.06 bits per heavy atom. The lowest BCUT2D eigenvalue weighted by atomic mass is 10.1. The van der Waals surface area contributed by atoms with Gasteiger partial charge in [0, 0.05) is 47.6 Å². The Morgan fingerprint density at radius 3 is 2.43 bits per heavy atom. The van der Waals surface area contributed by atoms with Crippen LogP contribution in [0.5, 0.6) is 0 Å². The van der Waals surface area contributed by atoms with Crippen molar-refractivity contribution < 1.29 is 14.3 Å². The number of ether oxygens (including phenoxy) is 1. The highest BCUT2D eigenvalue weighted by Crippen LogP contribution is 2.45. The molecule has 0 atom stereocenters. The van der Waals surface area contributed by atoms with Crippen molar-refractivity contribution in [1.29, 1.82) is 0 Å². The van der Waals surface area contributed by atoms with Gasteiger partial charge in [-0.25, -0.2) is 14.8 Å². The van der Waals surface area contributed by atoms with Crippen molar-refractivity contribution in [2.75, 3.05) is 7.05 Å². The highest BCUT2D eigenvalue weighted by atomic mass is 35.5. The first-order valence-corrected chi connectivity index (χ1v) is 12.1. The second kappa shape index (κ2) is 9.90. The number of hydrogen-bond donors (Lipinski definition) is 0. The SMILES string of the molecule is CN(Cc1cc(Cl)ncc1Sc1ncccc1C=O)C(=O)OC1c2ccccc2-c2ccccc21. The molecule has 0 N–H and O–H groups in total. The molecule has 0 radical (unpaired) electrons. The zero-order chi connectivity index (χ0) is 24.4. The van der Waals surface area contributed by atoms with Gasteiger partial charge >= 0.3 is 6.09 Å². The lowest BCUT2D eigenvalue weighted by Gasteiger charge is -2.22. The number of aromatic nitrogens is 2. The number of rotatable bonds is 6. The Kier molecular flexibility index (Phi) is 6.53. The van der Waals surface area contributed by atoms with E-state index in [-0.39, 0.29) is 6.54 Å². The molecule has 5 rings (SSSR count). The van der Waals surface area contributed by atoms with Crippen molar-refractivity contribution in [3.63, 3.8) is 0 Å². The Bertz CT molecular complexity index is 1380. The van der Waals surface area contributed by atoms with Gasteiger partial charge in [0.25, 0.3) is 0 Å². The number of carbonyl (C=O) groups excluding carboxylic acids is 2. The lowest BCUT2D eigenvalue weighted by molar-refractivity contribution is 0.0841. The summed E-state index contributed by atoms with van der Waals surface area (Å²) >= 11 is 7.46. The molecule has 0 aliphatic heterocycles. The number of carbonyl (C=O) groups is 2. The van der Waals surface area contributed by atoms with Crippen LogP contribution >= 0.6 is 23.4 Å². The molecule has 2 heterocycles. The number of fused-ring (bicyclic) bond motifs is 3. The van der Waals surface area contributed by atoms with Crippen LogP contribution in [0.3, 0.4) is 0 Å². The monoisotopic (exact) mass is 501 g/mol. The summed E-state index contributed by atoms with van der Waals surface area (Å²) in [5, 5.41) is 0.860. The van der Waals surface area contributed by atoms with Gasteiger partial charge < -0.3 is 9.64 Å². The first-order chi connectivity index (χ1) is 17.0. The van der Waals surface area contributed by atoms with Gasteiger partial charge in [-0.3, -0.25) is 4.79 Å². The smallest absolute Gasteiger partial charge is 0.410 e. The van der Waals surface area contributed by atoms with E-state index >= 15 is 0 Å². The average molecular weight is 502 g/mol. The molecule has 2 aromatic carbocycles. The molecule has 0 saturated carbocycles. The third-order valence-corrected chi connectivity index (χ3v) is 7.09. The molecule has 4 aromatic rings. The minimum atomic E-state index is -0.476. The first-order valence-electron chi connectivity index (χ1n) is 10.9. The second-order valence-electron chi connectivity index (χ2n) is 8.03. The van der Waals surface area contributed by atoms with Crippen LogP contribution in [0.1, 0.15) is 33.2 Å². The Morgan fingerprint density at radius 2 is 1.74 bits per heavy atom. The molecule has 0 saturated heterocycles. The Balaban J connectivity index is 1.37. The molecular weight excluding hydrogens is 482 g/mol. The Labute approximate surface area is 211 Å². The number of amides is 1. The van der Waals surface area contributed by atoms with Crippen molar-refractivity contribution in [1.82, 2.24) is 14.9 Å². The lowest BCUT2D eigenvalue weighted by Crippen LogP contribution is -2.28. The third kappa shape index (κ3) is 4.65. The van der Waals surface area contributed by atoms with Gasteiger partial charge in [-0.2, -0.15) is 0 Å². The maximum atomic E-state index is 13.2. The van der Waals surface area contributed by atoms with Crippen molar-refractivity contribution >= 4 is 35.7 Å². The highest BCUT2D eigenvalue weighted by molar-refractivity contribution is 7.99. The number of nitrogens with zero attached hydrogens (tertiary/aromatic N) is 3. The summed E-state index contributed by atoms with van der Waals surface area (Å²) in [4.78, 5) is 35.3. The molecule has 0 fully saturated rings. The van der Waals surface area contributed by atoms with Crippen LogP contribution in [-0.2, 0) is 11.3 Å². The predicted octanol–water partition coefficient (Wildman–Crippen LogP) is 6.43. The second-order valence-corrected chi connectivity index (χ2v) is 9.44. The molecule has 1 aliphatic rings. The maximum absolute atomic E-state index is 13.2. The minimum Gasteiger partial charge on any atom is -0.436 e. The van der Waals surface area contributed by atoms with E-state index in [0.29, 0.717) is 15.7 Å². The third-order valence-electron chi connectivity index (χ3n) is 5.76. The predicted molar refractivity (Wildman–Crippen MR) is 135 cm³/mol. The summed E-state index contributed by atoms with van der Waals surface area (Å²) in [5.74, 6) is 0. The van der Waals surface area contributed by atoms with Crippen LogP contribution in [0.25, 0.3) is 11.1 Å². The van der Waals surface area contributed by atoms with Crippen LogP contribution in [-0.4, -0.2) is 34.3 Å². The van der Waals surface area contributed by atoms with Crippen molar-refractivity contribution in [3.8, 4) is 11.1 Å². The maximum Gasteiger partial charge on any atom is 0.410 e. The molecule has 35 heavy (non-hydrogen) atoms. The number of pyridine rings is 2. The van der Waals surface area contributed by atoms with Gasteiger partial charge in [-0.05, 0) is 34.9 Å². The number of halogens is 1. The molecule has 8 heteroatoms. The molecule has 174 valence electrons. The molecule has 0 spiro atoms. The molecule has 1 amide bonds. The quantitative estimate of drug-likeness (QED) is 0.224. The summed E-state index contributed by atoms with van der Waals surface area (Å²) in [5.41, 5.74) is 5.33. The van der Waals surface area contributed by atoms with E-state index in [2.05, 4.69) is 9.97 Å². The van der Waals surface area contributed by atoms with Crippen LogP contribution < -0.4 is 0 Å². The van der Waals surface area contributed by atoms with Gasteiger partial charge in [-0.1, -0.05) is 71.9 Å². The van der Waals surface area contributed by atoms with E-state index in [4.69, 9.17) is 16.3 Å². The molecule has 0 unspecified atom stereocenters. The number of benzene rings is 2. The van der Waals surface area contributed by atoms with Crippen molar-refractivity contribution in [2.45, 2.75) is 22.6 Å². The zero-order valence-corrected chi connectivity index (χ0v) is 20.3. The largest absolute Gasteiger partial charge is 0.436 e. The molecule has 2 aromatic heterocycles.